The molecule has 0 bridgehead atoms. The van der Waals surface area contributed by atoms with E-state index in [0.717, 1.165) is 49.9 Å². The van der Waals surface area contributed by atoms with Crippen molar-refractivity contribution in [3.8, 4) is 0 Å². The number of likely N-dealkylation sites (tertiary alicyclic amines) is 1. The molecule has 2 aliphatic heterocycles. The smallest absolute Gasteiger partial charge is 0.0594 e. The van der Waals surface area contributed by atoms with Crippen molar-refractivity contribution in [1.29, 1.82) is 0 Å². The first-order valence-electron chi connectivity index (χ1n) is 7.85. The van der Waals surface area contributed by atoms with Gasteiger partial charge in [0.05, 0.1) is 13.2 Å². The Morgan fingerprint density at radius 1 is 1.14 bits per heavy atom. The molecule has 0 aliphatic carbocycles. The molecule has 0 saturated carbocycles. The predicted molar refractivity (Wildman–Crippen MR) is 89.9 cm³/mol. The molecule has 1 aromatic rings. The Balaban J connectivity index is 1.37. The van der Waals surface area contributed by atoms with Gasteiger partial charge in [-0.05, 0) is 37.2 Å². The van der Waals surface area contributed by atoms with Crippen molar-refractivity contribution in [1.82, 2.24) is 9.80 Å². The standard InChI is InChI=1S/C16H24BrN3O/c17-14-1-3-15(4-2-14)18-6-8-19-7-5-16(13-19)20-9-11-21-12-10-20/h1-4,16,18H,5-13H2. The molecule has 1 atom stereocenters. The van der Waals surface area contributed by atoms with Crippen LogP contribution in [0.3, 0.4) is 0 Å². The summed E-state index contributed by atoms with van der Waals surface area (Å²) in [5, 5.41) is 3.50. The van der Waals surface area contributed by atoms with Crippen molar-refractivity contribution in [3.05, 3.63) is 28.7 Å². The first-order chi connectivity index (χ1) is 10.3. The number of anilines is 1. The van der Waals surface area contributed by atoms with Gasteiger partial charge in [0.2, 0.25) is 0 Å². The molecule has 2 aliphatic rings. The SMILES string of the molecule is Brc1ccc(NCCN2CCC(N3CCOCC3)C2)cc1. The fourth-order valence-corrected chi connectivity index (χ4v) is 3.45. The minimum Gasteiger partial charge on any atom is -0.384 e. The molecule has 5 heteroatoms. The first kappa shape index (κ1) is 15.3. The van der Waals surface area contributed by atoms with Crippen LogP contribution in [-0.2, 0) is 4.74 Å². The van der Waals surface area contributed by atoms with Crippen LogP contribution in [0, 0.1) is 0 Å². The van der Waals surface area contributed by atoms with E-state index in [0.29, 0.717) is 0 Å². The third-order valence-electron chi connectivity index (χ3n) is 4.41. The number of benzene rings is 1. The van der Waals surface area contributed by atoms with E-state index in [-0.39, 0.29) is 0 Å². The van der Waals surface area contributed by atoms with Gasteiger partial charge in [-0.15, -0.1) is 0 Å². The highest BCUT2D eigenvalue weighted by Crippen LogP contribution is 2.17. The van der Waals surface area contributed by atoms with Crippen LogP contribution in [-0.4, -0.2) is 68.3 Å². The van der Waals surface area contributed by atoms with Crippen LogP contribution in [0.15, 0.2) is 28.7 Å². The first-order valence-corrected chi connectivity index (χ1v) is 8.64. The molecule has 2 saturated heterocycles. The summed E-state index contributed by atoms with van der Waals surface area (Å²) >= 11 is 3.46. The summed E-state index contributed by atoms with van der Waals surface area (Å²) in [6, 6.07) is 9.12. The lowest BCUT2D eigenvalue weighted by atomic mass is 10.2. The number of nitrogens with one attached hydrogen (secondary N) is 1. The summed E-state index contributed by atoms with van der Waals surface area (Å²) in [4.78, 5) is 5.18. The van der Waals surface area contributed by atoms with Crippen molar-refractivity contribution < 1.29 is 4.74 Å². The summed E-state index contributed by atoms with van der Waals surface area (Å²) in [6.45, 7) is 8.59. The zero-order valence-corrected chi connectivity index (χ0v) is 14.0. The van der Waals surface area contributed by atoms with Crippen LogP contribution in [0.4, 0.5) is 5.69 Å². The highest BCUT2D eigenvalue weighted by Gasteiger charge is 2.28. The van der Waals surface area contributed by atoms with Gasteiger partial charge in [0, 0.05) is 48.9 Å². The normalized spacial score (nSPS) is 24.3. The van der Waals surface area contributed by atoms with E-state index in [1.54, 1.807) is 0 Å². The number of nitrogens with zero attached hydrogens (tertiary/aromatic N) is 2. The zero-order valence-electron chi connectivity index (χ0n) is 12.4. The predicted octanol–water partition coefficient (Wildman–Crippen LogP) is 2.27. The monoisotopic (exact) mass is 353 g/mol. The zero-order chi connectivity index (χ0) is 14.5. The Hall–Kier alpha value is -0.620. The molecule has 116 valence electrons. The largest absolute Gasteiger partial charge is 0.384 e. The summed E-state index contributed by atoms with van der Waals surface area (Å²) in [7, 11) is 0. The van der Waals surface area contributed by atoms with Crippen molar-refractivity contribution in [2.24, 2.45) is 0 Å². The second kappa shape index (κ2) is 7.58. The van der Waals surface area contributed by atoms with Crippen LogP contribution in [0.1, 0.15) is 6.42 Å². The Labute approximate surface area is 135 Å². The number of halogens is 1. The summed E-state index contributed by atoms with van der Waals surface area (Å²) < 4.78 is 6.57. The number of ether oxygens (including phenoxy) is 1. The summed E-state index contributed by atoms with van der Waals surface area (Å²) in [6.07, 6.45) is 1.30. The molecular weight excluding hydrogens is 330 g/mol. The number of hydrogen-bond acceptors (Lipinski definition) is 4. The molecule has 1 N–H and O–H groups in total. The highest BCUT2D eigenvalue weighted by atomic mass is 79.9. The molecular formula is C16H24BrN3O. The molecule has 1 unspecified atom stereocenters. The third-order valence-corrected chi connectivity index (χ3v) is 4.94. The van der Waals surface area contributed by atoms with Crippen molar-refractivity contribution in [2.45, 2.75) is 12.5 Å². The van der Waals surface area contributed by atoms with E-state index < -0.39 is 0 Å². The Bertz CT molecular complexity index is 434. The van der Waals surface area contributed by atoms with E-state index >= 15 is 0 Å². The van der Waals surface area contributed by atoms with Gasteiger partial charge in [-0.25, -0.2) is 0 Å². The van der Waals surface area contributed by atoms with Crippen LogP contribution < -0.4 is 5.32 Å². The second-order valence-electron chi connectivity index (χ2n) is 5.83. The van der Waals surface area contributed by atoms with Crippen molar-refractivity contribution in [2.75, 3.05) is 57.8 Å². The fourth-order valence-electron chi connectivity index (χ4n) is 3.18. The quantitative estimate of drug-likeness (QED) is 0.878. The maximum absolute atomic E-state index is 5.44. The van der Waals surface area contributed by atoms with E-state index in [4.69, 9.17) is 4.74 Å². The lowest BCUT2D eigenvalue weighted by molar-refractivity contribution is 0.0186. The number of rotatable bonds is 5. The van der Waals surface area contributed by atoms with E-state index in [9.17, 15) is 0 Å². The maximum atomic E-state index is 5.44. The molecule has 0 radical (unpaired) electrons. The van der Waals surface area contributed by atoms with Crippen LogP contribution in [0.25, 0.3) is 0 Å². The maximum Gasteiger partial charge on any atom is 0.0594 e. The minimum atomic E-state index is 0.738. The molecule has 0 spiro atoms. The number of hydrogen-bond donors (Lipinski definition) is 1. The molecule has 3 rings (SSSR count). The van der Waals surface area contributed by atoms with Gasteiger partial charge >= 0.3 is 0 Å². The molecule has 2 fully saturated rings. The van der Waals surface area contributed by atoms with Gasteiger partial charge in [-0.3, -0.25) is 9.80 Å². The summed E-state index contributed by atoms with van der Waals surface area (Å²) in [5.74, 6) is 0. The van der Waals surface area contributed by atoms with Gasteiger partial charge in [0.1, 0.15) is 0 Å². The summed E-state index contributed by atoms with van der Waals surface area (Å²) in [5.41, 5.74) is 1.20. The molecule has 0 amide bonds. The van der Waals surface area contributed by atoms with Crippen molar-refractivity contribution >= 4 is 21.6 Å². The Morgan fingerprint density at radius 2 is 1.90 bits per heavy atom. The molecule has 21 heavy (non-hydrogen) atoms. The molecule has 0 aromatic heterocycles. The molecule has 1 aromatic carbocycles. The second-order valence-corrected chi connectivity index (χ2v) is 6.74. The van der Waals surface area contributed by atoms with Gasteiger partial charge in [0.25, 0.3) is 0 Å². The fraction of sp³-hybridized carbons (Fsp3) is 0.625. The van der Waals surface area contributed by atoms with Crippen molar-refractivity contribution in [3.63, 3.8) is 0 Å². The van der Waals surface area contributed by atoms with E-state index in [1.165, 1.54) is 25.2 Å². The Kier molecular flexibility index (Phi) is 5.52. The van der Waals surface area contributed by atoms with E-state index in [1.807, 2.05) is 0 Å². The highest BCUT2D eigenvalue weighted by molar-refractivity contribution is 9.10. The third kappa shape index (κ3) is 4.42. The molecule has 4 nitrogen and oxygen atoms in total. The van der Waals surface area contributed by atoms with Gasteiger partial charge in [-0.1, -0.05) is 15.9 Å². The van der Waals surface area contributed by atoms with Gasteiger partial charge in [0.15, 0.2) is 0 Å². The molecule has 2 heterocycles. The van der Waals surface area contributed by atoms with Gasteiger partial charge < -0.3 is 10.1 Å². The van der Waals surface area contributed by atoms with Crippen LogP contribution >= 0.6 is 15.9 Å². The van der Waals surface area contributed by atoms with E-state index in [2.05, 4.69) is 55.3 Å². The lowest BCUT2D eigenvalue weighted by Crippen LogP contribution is -2.44. The topological polar surface area (TPSA) is 27.7 Å². The lowest BCUT2D eigenvalue weighted by Gasteiger charge is -2.32. The average molecular weight is 354 g/mol. The van der Waals surface area contributed by atoms with Crippen LogP contribution in [0.2, 0.25) is 0 Å². The Morgan fingerprint density at radius 3 is 2.67 bits per heavy atom. The number of morpholine rings is 1. The van der Waals surface area contributed by atoms with Gasteiger partial charge in [-0.2, -0.15) is 0 Å². The average Bonchev–Trinajstić information content (AvgIpc) is 2.99. The van der Waals surface area contributed by atoms with Crippen LogP contribution in [0.5, 0.6) is 0 Å². The minimum absolute atomic E-state index is 0.738.